The zero-order chi connectivity index (χ0) is 18.6. The minimum absolute atomic E-state index is 0.575. The molecule has 0 saturated heterocycles. The average molecular weight is 357 g/mol. The quantitative estimate of drug-likeness (QED) is 0.501. The van der Waals surface area contributed by atoms with Crippen LogP contribution in [0.2, 0.25) is 16.6 Å². The summed E-state index contributed by atoms with van der Waals surface area (Å²) in [6, 6.07) is 16.7. The maximum absolute atomic E-state index is 6.74. The van der Waals surface area contributed by atoms with Crippen LogP contribution in [-0.4, -0.2) is 15.4 Å². The number of ether oxygens (including phenoxy) is 1. The van der Waals surface area contributed by atoms with E-state index in [0.29, 0.717) is 16.6 Å². The summed E-state index contributed by atoms with van der Waals surface area (Å²) in [7, 11) is -0.201. The summed E-state index contributed by atoms with van der Waals surface area (Å²) in [6.07, 6.45) is 0. The van der Waals surface area contributed by atoms with Gasteiger partial charge in [-0.05, 0) is 52.0 Å². The highest BCUT2D eigenvalue weighted by Gasteiger charge is 2.46. The van der Waals surface area contributed by atoms with Gasteiger partial charge in [-0.2, -0.15) is 0 Å². The zero-order valence-corrected chi connectivity index (χ0v) is 17.7. The molecular formula is C22H32O2Si. The molecule has 0 saturated carbocycles. The van der Waals surface area contributed by atoms with Crippen molar-refractivity contribution in [2.24, 2.45) is 0 Å². The second kappa shape index (κ2) is 8.09. The first-order chi connectivity index (χ1) is 11.8. The summed E-state index contributed by atoms with van der Waals surface area (Å²) in [4.78, 5) is 0. The number of benzene rings is 2. The van der Waals surface area contributed by atoms with E-state index in [-0.39, 0.29) is 0 Å². The summed E-state index contributed by atoms with van der Waals surface area (Å²) in [6.45, 7) is 13.9. The lowest BCUT2D eigenvalue weighted by Crippen LogP contribution is -2.50. The maximum atomic E-state index is 6.74. The van der Waals surface area contributed by atoms with Gasteiger partial charge in [0.1, 0.15) is 11.5 Å². The molecular weight excluding hydrogens is 324 g/mol. The fourth-order valence-electron chi connectivity index (χ4n) is 4.08. The molecule has 0 N–H and O–H groups in total. The van der Waals surface area contributed by atoms with E-state index in [4.69, 9.17) is 9.16 Å². The molecule has 0 unspecified atom stereocenters. The van der Waals surface area contributed by atoms with Crippen LogP contribution in [0, 0.1) is 0 Å². The van der Waals surface area contributed by atoms with Crippen LogP contribution >= 0.6 is 0 Å². The Morgan fingerprint density at radius 2 is 1.24 bits per heavy atom. The first kappa shape index (κ1) is 19.6. The monoisotopic (exact) mass is 356 g/mol. The van der Waals surface area contributed by atoms with E-state index < -0.39 is 8.32 Å². The van der Waals surface area contributed by atoms with Crippen molar-refractivity contribution >= 4 is 8.32 Å². The second-order valence-corrected chi connectivity index (χ2v) is 13.1. The van der Waals surface area contributed by atoms with E-state index in [0.717, 1.165) is 17.1 Å². The molecule has 0 aliphatic heterocycles. The summed E-state index contributed by atoms with van der Waals surface area (Å²) < 4.78 is 12.1. The average Bonchev–Trinajstić information content (AvgIpc) is 2.59. The minimum atomic E-state index is -1.90. The lowest BCUT2D eigenvalue weighted by atomic mass is 10.1. The highest BCUT2D eigenvalue weighted by molar-refractivity contribution is 6.78. The topological polar surface area (TPSA) is 18.5 Å². The zero-order valence-electron chi connectivity index (χ0n) is 16.7. The van der Waals surface area contributed by atoms with Crippen LogP contribution in [-0.2, 0) is 0 Å². The van der Waals surface area contributed by atoms with Crippen LogP contribution in [0.5, 0.6) is 11.5 Å². The standard InChI is InChI=1S/C22H32O2Si/c1-16(2)25(17(3)4,18(5)6)24-21-13-11-19(12-14-21)20-9-8-10-22(15-20)23-7/h8-18H,1-7H3. The van der Waals surface area contributed by atoms with E-state index in [2.05, 4.69) is 77.9 Å². The van der Waals surface area contributed by atoms with Crippen LogP contribution in [0.3, 0.4) is 0 Å². The lowest BCUT2D eigenvalue weighted by Gasteiger charge is -2.42. The predicted octanol–water partition coefficient (Wildman–Crippen LogP) is 6.92. The highest BCUT2D eigenvalue weighted by Crippen LogP contribution is 2.42. The first-order valence-electron chi connectivity index (χ1n) is 9.24. The van der Waals surface area contributed by atoms with E-state index in [1.165, 1.54) is 5.56 Å². The molecule has 0 spiro atoms. The third kappa shape index (κ3) is 4.09. The lowest BCUT2D eigenvalue weighted by molar-refractivity contribution is 0.415. The van der Waals surface area contributed by atoms with E-state index in [1.807, 2.05) is 12.1 Å². The minimum Gasteiger partial charge on any atom is -0.543 e. The summed E-state index contributed by atoms with van der Waals surface area (Å²) in [5.41, 5.74) is 4.06. The third-order valence-electron chi connectivity index (χ3n) is 5.26. The molecule has 3 heteroatoms. The Hall–Kier alpha value is -1.74. The van der Waals surface area contributed by atoms with Crippen molar-refractivity contribution in [3.63, 3.8) is 0 Å². The number of hydrogen-bond acceptors (Lipinski definition) is 2. The fraction of sp³-hybridized carbons (Fsp3) is 0.455. The SMILES string of the molecule is COc1cccc(-c2ccc(O[Si](C(C)C)(C(C)C)C(C)C)cc2)c1. The van der Waals surface area contributed by atoms with Crippen molar-refractivity contribution < 1.29 is 9.16 Å². The molecule has 2 aromatic carbocycles. The predicted molar refractivity (Wildman–Crippen MR) is 110 cm³/mol. The van der Waals surface area contributed by atoms with Gasteiger partial charge in [0.15, 0.2) is 0 Å². The van der Waals surface area contributed by atoms with Crippen molar-refractivity contribution in [1.29, 1.82) is 0 Å². The largest absolute Gasteiger partial charge is 0.543 e. The molecule has 136 valence electrons. The molecule has 0 aromatic heterocycles. The second-order valence-electron chi connectivity index (χ2n) is 7.68. The molecule has 0 bridgehead atoms. The molecule has 0 fully saturated rings. The Morgan fingerprint density at radius 1 is 0.680 bits per heavy atom. The Balaban J connectivity index is 2.29. The smallest absolute Gasteiger partial charge is 0.258 e. The highest BCUT2D eigenvalue weighted by atomic mass is 28.4. The molecule has 0 atom stereocenters. The molecule has 2 aromatic rings. The van der Waals surface area contributed by atoms with Gasteiger partial charge in [-0.15, -0.1) is 0 Å². The Labute approximate surface area is 154 Å². The number of rotatable bonds is 7. The van der Waals surface area contributed by atoms with Gasteiger partial charge in [-0.25, -0.2) is 0 Å². The van der Waals surface area contributed by atoms with Gasteiger partial charge in [-0.3, -0.25) is 0 Å². The van der Waals surface area contributed by atoms with Crippen molar-refractivity contribution in [3.8, 4) is 22.6 Å². The van der Waals surface area contributed by atoms with E-state index in [9.17, 15) is 0 Å². The normalized spacial score (nSPS) is 12.1. The molecule has 0 aliphatic rings. The van der Waals surface area contributed by atoms with Gasteiger partial charge in [0.25, 0.3) is 8.32 Å². The van der Waals surface area contributed by atoms with Gasteiger partial charge < -0.3 is 9.16 Å². The van der Waals surface area contributed by atoms with Crippen LogP contribution < -0.4 is 9.16 Å². The summed E-state index contributed by atoms with van der Waals surface area (Å²) in [5.74, 6) is 1.87. The fourth-order valence-corrected chi connectivity index (χ4v) is 9.33. The maximum Gasteiger partial charge on any atom is 0.258 e. The van der Waals surface area contributed by atoms with Crippen molar-refractivity contribution in [2.45, 2.75) is 58.2 Å². The van der Waals surface area contributed by atoms with Crippen LogP contribution in [0.4, 0.5) is 0 Å². The van der Waals surface area contributed by atoms with Gasteiger partial charge in [0.05, 0.1) is 7.11 Å². The molecule has 2 rings (SSSR count). The summed E-state index contributed by atoms with van der Waals surface area (Å²) >= 11 is 0. The Kier molecular flexibility index (Phi) is 6.34. The number of hydrogen-bond donors (Lipinski definition) is 0. The van der Waals surface area contributed by atoms with Gasteiger partial charge >= 0.3 is 0 Å². The molecule has 0 amide bonds. The van der Waals surface area contributed by atoms with Crippen LogP contribution in [0.15, 0.2) is 48.5 Å². The van der Waals surface area contributed by atoms with Gasteiger partial charge in [0, 0.05) is 0 Å². The van der Waals surface area contributed by atoms with E-state index >= 15 is 0 Å². The Bertz CT molecular complexity index is 653. The van der Waals surface area contributed by atoms with Gasteiger partial charge in [-0.1, -0.05) is 65.8 Å². The summed E-state index contributed by atoms with van der Waals surface area (Å²) in [5, 5.41) is 0. The van der Waals surface area contributed by atoms with Crippen LogP contribution in [0.1, 0.15) is 41.5 Å². The van der Waals surface area contributed by atoms with Crippen molar-refractivity contribution in [1.82, 2.24) is 0 Å². The van der Waals surface area contributed by atoms with E-state index in [1.54, 1.807) is 7.11 Å². The first-order valence-corrected chi connectivity index (χ1v) is 11.4. The third-order valence-corrected chi connectivity index (χ3v) is 11.3. The number of methoxy groups -OCH3 is 1. The molecule has 2 nitrogen and oxygen atoms in total. The Morgan fingerprint density at radius 3 is 1.72 bits per heavy atom. The van der Waals surface area contributed by atoms with Gasteiger partial charge in [0.2, 0.25) is 0 Å². The molecule has 25 heavy (non-hydrogen) atoms. The van der Waals surface area contributed by atoms with Crippen molar-refractivity contribution in [2.75, 3.05) is 7.11 Å². The molecule has 0 heterocycles. The van der Waals surface area contributed by atoms with Crippen molar-refractivity contribution in [3.05, 3.63) is 48.5 Å². The molecule has 0 radical (unpaired) electrons. The molecule has 0 aliphatic carbocycles. The van der Waals surface area contributed by atoms with Crippen LogP contribution in [0.25, 0.3) is 11.1 Å².